The number of H-pyrrole nitrogens is 1. The molecule has 3 heterocycles. The van der Waals surface area contributed by atoms with E-state index in [0.29, 0.717) is 44.1 Å². The SMILES string of the molecule is CCOc1ccc(C(=O)N2CCCN(S(=O)(=O)c3cnc[nH]3)CC2)cn1. The van der Waals surface area contributed by atoms with E-state index in [1.165, 1.54) is 23.0 Å². The van der Waals surface area contributed by atoms with Gasteiger partial charge >= 0.3 is 0 Å². The minimum absolute atomic E-state index is 0.0630. The van der Waals surface area contributed by atoms with E-state index < -0.39 is 10.0 Å². The average Bonchev–Trinajstić information content (AvgIpc) is 3.07. The summed E-state index contributed by atoms with van der Waals surface area (Å²) < 4.78 is 31.8. The molecule has 1 aliphatic heterocycles. The highest BCUT2D eigenvalue weighted by Gasteiger charge is 2.29. The number of carbonyl (C=O) groups is 1. The minimum atomic E-state index is -3.62. The van der Waals surface area contributed by atoms with Crippen LogP contribution in [-0.4, -0.2) is 71.3 Å². The first-order valence-corrected chi connectivity index (χ1v) is 9.83. The summed E-state index contributed by atoms with van der Waals surface area (Å²) in [6.07, 6.45) is 4.66. The molecule has 1 aliphatic rings. The number of carbonyl (C=O) groups excluding carboxylic acids is 1. The van der Waals surface area contributed by atoms with Crippen LogP contribution in [0.4, 0.5) is 0 Å². The molecular weight excluding hydrogens is 358 g/mol. The van der Waals surface area contributed by atoms with Crippen molar-refractivity contribution in [1.82, 2.24) is 24.2 Å². The number of imidazole rings is 1. The lowest BCUT2D eigenvalue weighted by Gasteiger charge is -2.21. The molecule has 26 heavy (non-hydrogen) atoms. The van der Waals surface area contributed by atoms with E-state index in [9.17, 15) is 13.2 Å². The van der Waals surface area contributed by atoms with E-state index in [4.69, 9.17) is 4.74 Å². The average molecular weight is 379 g/mol. The summed E-state index contributed by atoms with van der Waals surface area (Å²) in [5, 5.41) is 0.0630. The van der Waals surface area contributed by atoms with Crippen LogP contribution in [0.1, 0.15) is 23.7 Å². The molecule has 0 unspecified atom stereocenters. The Labute approximate surface area is 152 Å². The van der Waals surface area contributed by atoms with Crippen molar-refractivity contribution in [3.8, 4) is 5.88 Å². The Morgan fingerprint density at radius 2 is 2.08 bits per heavy atom. The van der Waals surface area contributed by atoms with Gasteiger partial charge in [0.1, 0.15) is 0 Å². The first kappa shape index (κ1) is 18.3. The highest BCUT2D eigenvalue weighted by atomic mass is 32.2. The van der Waals surface area contributed by atoms with Crippen LogP contribution in [0.25, 0.3) is 0 Å². The predicted octanol–water partition coefficient (Wildman–Crippen LogP) is 0.740. The number of nitrogens with zero attached hydrogens (tertiary/aromatic N) is 4. The molecule has 2 aromatic rings. The molecule has 1 saturated heterocycles. The van der Waals surface area contributed by atoms with Gasteiger partial charge < -0.3 is 14.6 Å². The van der Waals surface area contributed by atoms with E-state index in [2.05, 4.69) is 15.0 Å². The summed E-state index contributed by atoms with van der Waals surface area (Å²) in [5.41, 5.74) is 0.457. The second-order valence-electron chi connectivity index (χ2n) is 5.78. The van der Waals surface area contributed by atoms with Crippen LogP contribution in [0.5, 0.6) is 5.88 Å². The Morgan fingerprint density at radius 3 is 2.73 bits per heavy atom. The van der Waals surface area contributed by atoms with E-state index in [0.717, 1.165) is 0 Å². The van der Waals surface area contributed by atoms with Gasteiger partial charge in [-0.2, -0.15) is 4.31 Å². The summed E-state index contributed by atoms with van der Waals surface area (Å²) in [4.78, 5) is 24.8. The van der Waals surface area contributed by atoms with Gasteiger partial charge in [-0.1, -0.05) is 0 Å². The van der Waals surface area contributed by atoms with Gasteiger partial charge in [0.15, 0.2) is 5.03 Å². The fraction of sp³-hybridized carbons (Fsp3) is 0.438. The topological polar surface area (TPSA) is 108 Å². The molecule has 1 N–H and O–H groups in total. The number of ether oxygens (including phenoxy) is 1. The number of hydrogen-bond donors (Lipinski definition) is 1. The van der Waals surface area contributed by atoms with Crippen molar-refractivity contribution in [2.45, 2.75) is 18.4 Å². The molecule has 2 aromatic heterocycles. The van der Waals surface area contributed by atoms with Crippen LogP contribution in [0.3, 0.4) is 0 Å². The van der Waals surface area contributed by atoms with Crippen molar-refractivity contribution in [1.29, 1.82) is 0 Å². The van der Waals surface area contributed by atoms with Gasteiger partial charge in [0.2, 0.25) is 5.88 Å². The maximum Gasteiger partial charge on any atom is 0.260 e. The number of amides is 1. The lowest BCUT2D eigenvalue weighted by atomic mass is 10.2. The van der Waals surface area contributed by atoms with E-state index >= 15 is 0 Å². The third kappa shape index (κ3) is 3.86. The third-order valence-corrected chi connectivity index (χ3v) is 5.93. The van der Waals surface area contributed by atoms with E-state index in [1.807, 2.05) is 6.92 Å². The monoisotopic (exact) mass is 379 g/mol. The number of sulfonamides is 1. The van der Waals surface area contributed by atoms with Crippen LogP contribution in [0.2, 0.25) is 0 Å². The summed E-state index contributed by atoms with van der Waals surface area (Å²) in [7, 11) is -3.62. The Balaban J connectivity index is 1.67. The number of rotatable bonds is 5. The first-order chi connectivity index (χ1) is 12.5. The van der Waals surface area contributed by atoms with Crippen LogP contribution in [0, 0.1) is 0 Å². The first-order valence-electron chi connectivity index (χ1n) is 8.39. The van der Waals surface area contributed by atoms with Crippen LogP contribution in [0.15, 0.2) is 35.9 Å². The van der Waals surface area contributed by atoms with Gasteiger partial charge in [-0.05, 0) is 19.4 Å². The van der Waals surface area contributed by atoms with Gasteiger partial charge in [-0.25, -0.2) is 18.4 Å². The summed E-state index contributed by atoms with van der Waals surface area (Å²) in [6.45, 7) is 3.76. The number of aromatic nitrogens is 3. The molecule has 1 fully saturated rings. The molecule has 0 bridgehead atoms. The molecular formula is C16H21N5O4S. The highest BCUT2D eigenvalue weighted by Crippen LogP contribution is 2.17. The molecule has 1 amide bonds. The van der Waals surface area contributed by atoms with E-state index in [1.54, 1.807) is 17.0 Å². The highest BCUT2D eigenvalue weighted by molar-refractivity contribution is 7.89. The Kier molecular flexibility index (Phi) is 5.52. The molecule has 0 aromatic carbocycles. The Morgan fingerprint density at radius 1 is 1.23 bits per heavy atom. The normalized spacial score (nSPS) is 16.3. The fourth-order valence-corrected chi connectivity index (χ4v) is 4.15. The largest absolute Gasteiger partial charge is 0.478 e. The van der Waals surface area contributed by atoms with Crippen molar-refractivity contribution in [3.05, 3.63) is 36.4 Å². The zero-order valence-electron chi connectivity index (χ0n) is 14.5. The number of pyridine rings is 1. The quantitative estimate of drug-likeness (QED) is 0.821. The molecule has 10 heteroatoms. The van der Waals surface area contributed by atoms with Crippen molar-refractivity contribution >= 4 is 15.9 Å². The molecule has 9 nitrogen and oxygen atoms in total. The zero-order valence-corrected chi connectivity index (χ0v) is 15.3. The van der Waals surface area contributed by atoms with Crippen molar-refractivity contribution in [2.24, 2.45) is 0 Å². The number of aromatic amines is 1. The van der Waals surface area contributed by atoms with E-state index in [-0.39, 0.29) is 17.5 Å². The minimum Gasteiger partial charge on any atom is -0.478 e. The molecule has 140 valence electrons. The van der Waals surface area contributed by atoms with Crippen LogP contribution < -0.4 is 4.74 Å². The summed E-state index contributed by atoms with van der Waals surface area (Å²) in [6, 6.07) is 3.33. The smallest absolute Gasteiger partial charge is 0.260 e. The number of hydrogen-bond acceptors (Lipinski definition) is 6. The maximum absolute atomic E-state index is 12.7. The second-order valence-corrected chi connectivity index (χ2v) is 7.69. The third-order valence-electron chi connectivity index (χ3n) is 4.11. The number of nitrogens with one attached hydrogen (secondary N) is 1. The maximum atomic E-state index is 12.7. The van der Waals surface area contributed by atoms with Crippen LogP contribution >= 0.6 is 0 Å². The van der Waals surface area contributed by atoms with Crippen molar-refractivity contribution in [3.63, 3.8) is 0 Å². The predicted molar refractivity (Wildman–Crippen MR) is 93.3 cm³/mol. The molecule has 3 rings (SSSR count). The lowest BCUT2D eigenvalue weighted by Crippen LogP contribution is -2.37. The summed E-state index contributed by atoms with van der Waals surface area (Å²) >= 11 is 0. The van der Waals surface area contributed by atoms with Crippen molar-refractivity contribution in [2.75, 3.05) is 32.8 Å². The standard InChI is InChI=1S/C16H21N5O4S/c1-2-25-14-5-4-13(10-18-14)16(22)20-6-3-7-21(9-8-20)26(23,24)15-11-17-12-19-15/h4-5,10-12H,2-3,6-9H2,1H3,(H,17,19). The molecule has 0 aliphatic carbocycles. The fourth-order valence-electron chi connectivity index (χ4n) is 2.78. The van der Waals surface area contributed by atoms with Gasteiger partial charge in [0.05, 0.1) is 24.7 Å². The molecule has 0 saturated carbocycles. The van der Waals surface area contributed by atoms with Gasteiger partial charge in [-0.15, -0.1) is 0 Å². The summed E-state index contributed by atoms with van der Waals surface area (Å²) in [5.74, 6) is 0.304. The molecule has 0 spiro atoms. The zero-order chi connectivity index (χ0) is 18.6. The lowest BCUT2D eigenvalue weighted by molar-refractivity contribution is 0.0763. The van der Waals surface area contributed by atoms with Gasteiger partial charge in [0.25, 0.3) is 15.9 Å². The van der Waals surface area contributed by atoms with Crippen LogP contribution in [-0.2, 0) is 10.0 Å². The molecule has 0 radical (unpaired) electrons. The van der Waals surface area contributed by atoms with Crippen molar-refractivity contribution < 1.29 is 17.9 Å². The molecule has 0 atom stereocenters. The van der Waals surface area contributed by atoms with Gasteiger partial charge in [-0.3, -0.25) is 4.79 Å². The Bertz CT molecular complexity index is 836. The second kappa shape index (κ2) is 7.83. The van der Waals surface area contributed by atoms with Gasteiger partial charge in [0, 0.05) is 38.4 Å². The Hall–Kier alpha value is -2.46.